The lowest BCUT2D eigenvalue weighted by Gasteiger charge is -2.50. The highest BCUT2D eigenvalue weighted by Crippen LogP contribution is 2.24. The Hall–Kier alpha value is -0.770. The molecule has 0 bridgehead atoms. The molecular weight excluding hydrogens is 298 g/mol. The molecule has 4 heteroatoms. The lowest BCUT2D eigenvalue weighted by atomic mass is 9.79. The van der Waals surface area contributed by atoms with Gasteiger partial charge in [-0.2, -0.15) is 0 Å². The molecule has 0 saturated carbocycles. The second kappa shape index (κ2) is 6.77. The highest BCUT2D eigenvalue weighted by molar-refractivity contribution is 6.32. The summed E-state index contributed by atoms with van der Waals surface area (Å²) in [5.74, 6) is 0.635. The predicted molar refractivity (Wildman–Crippen MR) is 90.8 cm³/mol. The Balaban J connectivity index is 1.95. The van der Waals surface area contributed by atoms with Crippen LogP contribution >= 0.6 is 11.6 Å². The van der Waals surface area contributed by atoms with Gasteiger partial charge >= 0.3 is 0 Å². The minimum atomic E-state index is -0.497. The van der Waals surface area contributed by atoms with E-state index in [1.54, 1.807) is 6.07 Å². The van der Waals surface area contributed by atoms with E-state index in [2.05, 4.69) is 27.7 Å². The van der Waals surface area contributed by atoms with Gasteiger partial charge in [-0.25, -0.2) is 0 Å². The second-order valence-corrected chi connectivity index (χ2v) is 8.11. The molecule has 22 heavy (non-hydrogen) atoms. The predicted octanol–water partition coefficient (Wildman–Crippen LogP) is 2.71. The van der Waals surface area contributed by atoms with Gasteiger partial charge in [-0.1, -0.05) is 23.7 Å². The summed E-state index contributed by atoms with van der Waals surface area (Å²) in [7, 11) is 0. The van der Waals surface area contributed by atoms with E-state index in [4.69, 9.17) is 16.3 Å². The van der Waals surface area contributed by atoms with Crippen LogP contribution in [0.3, 0.4) is 0 Å². The third-order valence-corrected chi connectivity index (χ3v) is 5.26. The van der Waals surface area contributed by atoms with Crippen LogP contribution in [-0.2, 0) is 0 Å². The van der Waals surface area contributed by atoms with Crippen molar-refractivity contribution in [3.8, 4) is 5.75 Å². The van der Waals surface area contributed by atoms with Crippen molar-refractivity contribution in [1.82, 2.24) is 0 Å². The molecule has 0 radical (unpaired) electrons. The molecule has 0 spiro atoms. The topological polar surface area (TPSA) is 33.9 Å². The SMILES string of the molecule is CC1(C)CCCC(C)(C)[NH+]1C[C@@H](O)COc1ccccc1Cl. The van der Waals surface area contributed by atoms with E-state index in [9.17, 15) is 5.11 Å². The normalized spacial score (nSPS) is 22.3. The summed E-state index contributed by atoms with van der Waals surface area (Å²) >= 11 is 6.08. The van der Waals surface area contributed by atoms with Gasteiger partial charge in [0.15, 0.2) is 0 Å². The maximum atomic E-state index is 10.4. The number of likely N-dealkylation sites (tertiary alicyclic amines) is 1. The quantitative estimate of drug-likeness (QED) is 0.872. The number of hydrogen-bond donors (Lipinski definition) is 2. The number of hydrogen-bond acceptors (Lipinski definition) is 2. The van der Waals surface area contributed by atoms with E-state index in [0.717, 1.165) is 0 Å². The van der Waals surface area contributed by atoms with Crippen LogP contribution in [0.2, 0.25) is 5.02 Å². The number of rotatable bonds is 5. The molecule has 1 saturated heterocycles. The summed E-state index contributed by atoms with van der Waals surface area (Å²) in [6.45, 7) is 10.2. The maximum absolute atomic E-state index is 10.4. The molecule has 1 aliphatic heterocycles. The molecule has 0 aromatic heterocycles. The lowest BCUT2D eigenvalue weighted by Crippen LogP contribution is -3.27. The first kappa shape index (κ1) is 17.6. The molecule has 1 aliphatic rings. The molecule has 0 aliphatic carbocycles. The molecule has 1 atom stereocenters. The molecule has 0 unspecified atom stereocenters. The average Bonchev–Trinajstić information content (AvgIpc) is 2.42. The Labute approximate surface area is 139 Å². The van der Waals surface area contributed by atoms with Gasteiger partial charge in [0.25, 0.3) is 0 Å². The monoisotopic (exact) mass is 326 g/mol. The Kier molecular flexibility index (Phi) is 5.41. The molecule has 0 amide bonds. The van der Waals surface area contributed by atoms with Crippen molar-refractivity contribution in [3.63, 3.8) is 0 Å². The molecule has 1 aromatic carbocycles. The molecule has 2 rings (SSSR count). The minimum Gasteiger partial charge on any atom is -0.489 e. The van der Waals surface area contributed by atoms with Crippen molar-refractivity contribution in [2.75, 3.05) is 13.2 Å². The molecule has 1 aromatic rings. The van der Waals surface area contributed by atoms with Gasteiger partial charge in [0.1, 0.15) is 25.0 Å². The summed E-state index contributed by atoms with van der Waals surface area (Å²) in [4.78, 5) is 1.46. The van der Waals surface area contributed by atoms with E-state index < -0.39 is 6.10 Å². The summed E-state index contributed by atoms with van der Waals surface area (Å²) in [6, 6.07) is 7.38. The number of piperidine rings is 1. The van der Waals surface area contributed by atoms with Gasteiger partial charge in [-0.15, -0.1) is 0 Å². The Morgan fingerprint density at radius 2 is 1.77 bits per heavy atom. The maximum Gasteiger partial charge on any atom is 0.138 e. The third-order valence-electron chi connectivity index (χ3n) is 4.95. The van der Waals surface area contributed by atoms with Gasteiger partial charge < -0.3 is 14.7 Å². The summed E-state index contributed by atoms with van der Waals surface area (Å²) in [6.07, 6.45) is 3.16. The van der Waals surface area contributed by atoms with E-state index in [0.29, 0.717) is 17.3 Å². The largest absolute Gasteiger partial charge is 0.489 e. The number of ether oxygens (including phenoxy) is 1. The van der Waals surface area contributed by atoms with Crippen LogP contribution in [-0.4, -0.2) is 35.4 Å². The molecule has 1 fully saturated rings. The number of aliphatic hydroxyl groups excluding tert-OH is 1. The van der Waals surface area contributed by atoms with Crippen molar-refractivity contribution in [3.05, 3.63) is 29.3 Å². The minimum absolute atomic E-state index is 0.188. The van der Waals surface area contributed by atoms with Crippen molar-refractivity contribution >= 4 is 11.6 Å². The van der Waals surface area contributed by atoms with E-state index >= 15 is 0 Å². The lowest BCUT2D eigenvalue weighted by molar-refractivity contribution is -1.00. The molecular formula is C18H29ClNO2+. The van der Waals surface area contributed by atoms with Crippen LogP contribution in [0.5, 0.6) is 5.75 Å². The van der Waals surface area contributed by atoms with Gasteiger partial charge in [0.2, 0.25) is 0 Å². The zero-order chi connectivity index (χ0) is 16.4. The van der Waals surface area contributed by atoms with Gasteiger partial charge in [0.05, 0.1) is 16.1 Å². The Morgan fingerprint density at radius 1 is 1.18 bits per heavy atom. The highest BCUT2D eigenvalue weighted by Gasteiger charge is 2.45. The van der Waals surface area contributed by atoms with Crippen molar-refractivity contribution in [2.24, 2.45) is 0 Å². The second-order valence-electron chi connectivity index (χ2n) is 7.70. The summed E-state index contributed by atoms with van der Waals surface area (Å²) in [5, 5.41) is 11.0. The van der Waals surface area contributed by atoms with Crippen molar-refractivity contribution in [2.45, 2.75) is 64.1 Å². The molecule has 124 valence electrons. The van der Waals surface area contributed by atoms with Crippen LogP contribution in [0.1, 0.15) is 47.0 Å². The number of halogens is 1. The first-order chi connectivity index (χ1) is 10.2. The van der Waals surface area contributed by atoms with Gasteiger partial charge in [-0.05, 0) is 46.2 Å². The van der Waals surface area contributed by atoms with Gasteiger partial charge in [-0.3, -0.25) is 0 Å². The summed E-state index contributed by atoms with van der Waals surface area (Å²) in [5.41, 5.74) is 0.375. The standard InChI is InChI=1S/C18H28ClNO2/c1-17(2)10-7-11-18(3,4)20(17)12-14(21)13-22-16-9-6-5-8-15(16)19/h5-6,8-9,14,21H,7,10-13H2,1-4H3/p+1/t14-/m1/s1. The molecule has 2 N–H and O–H groups in total. The van der Waals surface area contributed by atoms with Crippen LogP contribution in [0.25, 0.3) is 0 Å². The van der Waals surface area contributed by atoms with Crippen LogP contribution in [0.4, 0.5) is 0 Å². The highest BCUT2D eigenvalue weighted by atomic mass is 35.5. The van der Waals surface area contributed by atoms with Crippen LogP contribution in [0, 0.1) is 0 Å². The van der Waals surface area contributed by atoms with E-state index in [1.165, 1.54) is 24.2 Å². The number of para-hydroxylation sites is 1. The van der Waals surface area contributed by atoms with E-state index in [-0.39, 0.29) is 17.7 Å². The fourth-order valence-corrected chi connectivity index (χ4v) is 3.98. The van der Waals surface area contributed by atoms with Crippen LogP contribution in [0.15, 0.2) is 24.3 Å². The zero-order valence-corrected chi connectivity index (χ0v) is 14.9. The number of quaternary nitrogens is 1. The Morgan fingerprint density at radius 3 is 2.36 bits per heavy atom. The smallest absolute Gasteiger partial charge is 0.138 e. The average molecular weight is 327 g/mol. The Bertz CT molecular complexity index is 486. The number of nitrogens with one attached hydrogen (secondary N) is 1. The number of benzene rings is 1. The van der Waals surface area contributed by atoms with Crippen molar-refractivity contribution in [1.29, 1.82) is 0 Å². The van der Waals surface area contributed by atoms with Gasteiger partial charge in [0, 0.05) is 12.8 Å². The zero-order valence-electron chi connectivity index (χ0n) is 14.2. The van der Waals surface area contributed by atoms with Crippen molar-refractivity contribution < 1.29 is 14.7 Å². The third kappa shape index (κ3) is 4.15. The first-order valence-electron chi connectivity index (χ1n) is 8.14. The molecule has 1 heterocycles. The van der Waals surface area contributed by atoms with Crippen LogP contribution < -0.4 is 9.64 Å². The summed E-state index contributed by atoms with van der Waals surface area (Å²) < 4.78 is 5.68. The molecule has 3 nitrogen and oxygen atoms in total. The first-order valence-corrected chi connectivity index (χ1v) is 8.52. The fraction of sp³-hybridized carbons (Fsp3) is 0.667. The fourth-order valence-electron chi connectivity index (χ4n) is 3.78. The number of aliphatic hydroxyl groups is 1. The van der Waals surface area contributed by atoms with E-state index in [1.807, 2.05) is 18.2 Å².